The van der Waals surface area contributed by atoms with Gasteiger partial charge >= 0.3 is 0 Å². The van der Waals surface area contributed by atoms with Crippen LogP contribution in [0.3, 0.4) is 0 Å². The molecule has 0 fully saturated rings. The minimum atomic E-state index is -0.267. The average Bonchev–Trinajstić information content (AvgIpc) is 2.78. The van der Waals surface area contributed by atoms with E-state index in [1.807, 2.05) is 13.1 Å². The molecule has 0 spiro atoms. The van der Waals surface area contributed by atoms with Crippen LogP contribution in [0.1, 0.15) is 16.1 Å². The van der Waals surface area contributed by atoms with Gasteiger partial charge in [0.1, 0.15) is 5.15 Å². The lowest BCUT2D eigenvalue weighted by atomic mass is 10.2. The standard InChI is InChI=1S/C12H12Cl2N4O/c1-18-8(3-5-17-18)2-4-15-12(19)9-6-11(14)16-7-10(9)13/h3,5-7H,2,4H2,1H3,(H,15,19). The lowest BCUT2D eigenvalue weighted by Gasteiger charge is -2.07. The highest BCUT2D eigenvalue weighted by Gasteiger charge is 2.11. The summed E-state index contributed by atoms with van der Waals surface area (Å²) >= 11 is 11.6. The van der Waals surface area contributed by atoms with Crippen molar-refractivity contribution in [3.05, 3.63) is 46.0 Å². The van der Waals surface area contributed by atoms with E-state index in [-0.39, 0.29) is 16.1 Å². The first-order chi connectivity index (χ1) is 9.08. The summed E-state index contributed by atoms with van der Waals surface area (Å²) in [6.45, 7) is 0.495. The van der Waals surface area contributed by atoms with Gasteiger partial charge in [0.15, 0.2) is 0 Å². The maximum Gasteiger partial charge on any atom is 0.252 e. The van der Waals surface area contributed by atoms with Gasteiger partial charge in [-0.3, -0.25) is 9.48 Å². The van der Waals surface area contributed by atoms with Gasteiger partial charge in [-0.15, -0.1) is 0 Å². The summed E-state index contributed by atoms with van der Waals surface area (Å²) in [6.07, 6.45) is 3.77. The summed E-state index contributed by atoms with van der Waals surface area (Å²) in [5, 5.41) is 7.35. The molecule has 19 heavy (non-hydrogen) atoms. The molecule has 0 aliphatic carbocycles. The SMILES string of the molecule is Cn1nccc1CCNC(=O)c1cc(Cl)ncc1Cl. The summed E-state index contributed by atoms with van der Waals surface area (Å²) in [5.74, 6) is -0.267. The molecular formula is C12H12Cl2N4O. The second-order valence-electron chi connectivity index (χ2n) is 3.94. The first-order valence-electron chi connectivity index (χ1n) is 5.64. The number of halogens is 2. The number of nitrogens with zero attached hydrogens (tertiary/aromatic N) is 3. The third-order valence-electron chi connectivity index (χ3n) is 2.66. The van der Waals surface area contributed by atoms with Crippen LogP contribution >= 0.6 is 23.2 Å². The predicted octanol–water partition coefficient (Wildman–Crippen LogP) is 2.09. The minimum Gasteiger partial charge on any atom is -0.352 e. The number of pyridine rings is 1. The van der Waals surface area contributed by atoms with Gasteiger partial charge in [0.25, 0.3) is 5.91 Å². The van der Waals surface area contributed by atoms with E-state index >= 15 is 0 Å². The molecule has 2 aromatic rings. The smallest absolute Gasteiger partial charge is 0.252 e. The van der Waals surface area contributed by atoms with Crippen LogP contribution in [0.25, 0.3) is 0 Å². The summed E-state index contributed by atoms with van der Waals surface area (Å²) in [6, 6.07) is 3.35. The van der Waals surface area contributed by atoms with E-state index in [0.717, 1.165) is 5.69 Å². The second kappa shape index (κ2) is 6.04. The Hall–Kier alpha value is -1.59. The van der Waals surface area contributed by atoms with E-state index in [1.54, 1.807) is 10.9 Å². The summed E-state index contributed by atoms with van der Waals surface area (Å²) < 4.78 is 1.77. The molecule has 0 bridgehead atoms. The number of amides is 1. The van der Waals surface area contributed by atoms with E-state index in [0.29, 0.717) is 18.5 Å². The molecule has 0 aliphatic heterocycles. The number of aryl methyl sites for hydroxylation is 1. The van der Waals surface area contributed by atoms with Crippen LogP contribution in [0.5, 0.6) is 0 Å². The summed E-state index contributed by atoms with van der Waals surface area (Å²) in [7, 11) is 1.86. The molecule has 0 unspecified atom stereocenters. The van der Waals surface area contributed by atoms with Gasteiger partial charge in [0.05, 0.1) is 10.6 Å². The van der Waals surface area contributed by atoms with E-state index in [9.17, 15) is 4.79 Å². The zero-order chi connectivity index (χ0) is 13.8. The molecule has 1 N–H and O–H groups in total. The number of carbonyl (C=O) groups is 1. The van der Waals surface area contributed by atoms with Crippen molar-refractivity contribution < 1.29 is 4.79 Å². The molecule has 0 aliphatic rings. The van der Waals surface area contributed by atoms with Crippen molar-refractivity contribution in [3.8, 4) is 0 Å². The predicted molar refractivity (Wildman–Crippen MR) is 73.5 cm³/mol. The number of rotatable bonds is 4. The zero-order valence-electron chi connectivity index (χ0n) is 10.2. The first-order valence-corrected chi connectivity index (χ1v) is 6.39. The molecule has 2 heterocycles. The van der Waals surface area contributed by atoms with E-state index < -0.39 is 0 Å². The van der Waals surface area contributed by atoms with Gasteiger partial charge in [-0.2, -0.15) is 5.10 Å². The third kappa shape index (κ3) is 3.45. The van der Waals surface area contributed by atoms with Crippen LogP contribution in [-0.2, 0) is 13.5 Å². The Labute approximate surface area is 120 Å². The van der Waals surface area contributed by atoms with E-state index in [1.165, 1.54) is 12.3 Å². The zero-order valence-corrected chi connectivity index (χ0v) is 11.7. The van der Waals surface area contributed by atoms with Crippen molar-refractivity contribution in [2.75, 3.05) is 6.54 Å². The number of hydrogen-bond donors (Lipinski definition) is 1. The number of aromatic nitrogens is 3. The molecular weight excluding hydrogens is 287 g/mol. The van der Waals surface area contributed by atoms with Gasteiger partial charge in [-0.25, -0.2) is 4.98 Å². The summed E-state index contributed by atoms with van der Waals surface area (Å²) in [4.78, 5) is 15.7. The molecule has 5 nitrogen and oxygen atoms in total. The Morgan fingerprint density at radius 2 is 2.26 bits per heavy atom. The minimum absolute atomic E-state index is 0.237. The first kappa shape index (κ1) is 13.8. The van der Waals surface area contributed by atoms with Gasteiger partial charge in [0, 0.05) is 38.1 Å². The third-order valence-corrected chi connectivity index (χ3v) is 3.16. The fourth-order valence-corrected chi connectivity index (χ4v) is 1.98. The highest BCUT2D eigenvalue weighted by atomic mass is 35.5. The van der Waals surface area contributed by atoms with Gasteiger partial charge in [-0.05, 0) is 12.1 Å². The maximum absolute atomic E-state index is 11.9. The highest BCUT2D eigenvalue weighted by Crippen LogP contribution is 2.17. The Balaban J connectivity index is 1.94. The van der Waals surface area contributed by atoms with Gasteiger partial charge in [0.2, 0.25) is 0 Å². The van der Waals surface area contributed by atoms with Crippen LogP contribution in [0, 0.1) is 0 Å². The van der Waals surface area contributed by atoms with Crippen LogP contribution in [0.4, 0.5) is 0 Å². The van der Waals surface area contributed by atoms with Gasteiger partial charge in [-0.1, -0.05) is 23.2 Å². The van der Waals surface area contributed by atoms with Crippen molar-refractivity contribution >= 4 is 29.1 Å². The fraction of sp³-hybridized carbons (Fsp3) is 0.250. The van der Waals surface area contributed by atoms with Crippen molar-refractivity contribution in [2.24, 2.45) is 7.05 Å². The number of nitrogens with one attached hydrogen (secondary N) is 1. The molecule has 0 radical (unpaired) electrons. The second-order valence-corrected chi connectivity index (χ2v) is 4.73. The molecule has 2 aromatic heterocycles. The Kier molecular flexibility index (Phi) is 4.39. The largest absolute Gasteiger partial charge is 0.352 e. The van der Waals surface area contributed by atoms with Crippen LogP contribution in [0.2, 0.25) is 10.2 Å². The molecule has 0 atom stereocenters. The number of carbonyl (C=O) groups excluding carboxylic acids is 1. The van der Waals surface area contributed by atoms with Crippen LogP contribution in [0.15, 0.2) is 24.5 Å². The molecule has 0 saturated heterocycles. The van der Waals surface area contributed by atoms with Crippen molar-refractivity contribution in [1.29, 1.82) is 0 Å². The quantitative estimate of drug-likeness (QED) is 0.879. The molecule has 2 rings (SSSR count). The van der Waals surface area contributed by atoms with Crippen molar-refractivity contribution in [1.82, 2.24) is 20.1 Å². The van der Waals surface area contributed by atoms with Crippen molar-refractivity contribution in [2.45, 2.75) is 6.42 Å². The lowest BCUT2D eigenvalue weighted by molar-refractivity contribution is 0.0954. The van der Waals surface area contributed by atoms with E-state index in [2.05, 4.69) is 15.4 Å². The van der Waals surface area contributed by atoms with E-state index in [4.69, 9.17) is 23.2 Å². The Bertz CT molecular complexity index is 597. The fourth-order valence-electron chi connectivity index (χ4n) is 1.63. The Morgan fingerprint density at radius 1 is 1.47 bits per heavy atom. The van der Waals surface area contributed by atoms with Gasteiger partial charge < -0.3 is 5.32 Å². The van der Waals surface area contributed by atoms with Crippen LogP contribution in [-0.4, -0.2) is 27.2 Å². The van der Waals surface area contributed by atoms with Crippen LogP contribution < -0.4 is 5.32 Å². The van der Waals surface area contributed by atoms with Crippen molar-refractivity contribution in [3.63, 3.8) is 0 Å². The number of hydrogen-bond acceptors (Lipinski definition) is 3. The molecule has 7 heteroatoms. The lowest BCUT2D eigenvalue weighted by Crippen LogP contribution is -2.26. The normalized spacial score (nSPS) is 10.5. The topological polar surface area (TPSA) is 59.8 Å². The monoisotopic (exact) mass is 298 g/mol. The highest BCUT2D eigenvalue weighted by molar-refractivity contribution is 6.35. The average molecular weight is 299 g/mol. The molecule has 100 valence electrons. The molecule has 0 saturated carbocycles. The Morgan fingerprint density at radius 3 is 2.95 bits per heavy atom. The summed E-state index contributed by atoms with van der Waals surface area (Å²) in [5.41, 5.74) is 1.37. The molecule has 1 amide bonds. The maximum atomic E-state index is 11.9. The molecule has 0 aromatic carbocycles.